The summed E-state index contributed by atoms with van der Waals surface area (Å²) in [7, 11) is 0. The molecule has 4 saturated carbocycles. The summed E-state index contributed by atoms with van der Waals surface area (Å²) in [5.41, 5.74) is 19.1. The Morgan fingerprint density at radius 2 is 1.10 bits per heavy atom. The van der Waals surface area contributed by atoms with Crippen molar-refractivity contribution >= 4 is 27.8 Å². The zero-order valence-electron chi connectivity index (χ0n) is 34.9. The first-order valence-corrected chi connectivity index (χ1v) is 22.6. The van der Waals surface area contributed by atoms with Crippen LogP contribution in [0.2, 0.25) is 0 Å². The second kappa shape index (κ2) is 11.7. The summed E-state index contributed by atoms with van der Waals surface area (Å²) < 4.78 is 0. The van der Waals surface area contributed by atoms with E-state index in [0.29, 0.717) is 5.41 Å². The van der Waals surface area contributed by atoms with E-state index in [-0.39, 0.29) is 16.2 Å². The Morgan fingerprint density at radius 1 is 0.458 bits per heavy atom. The first-order chi connectivity index (χ1) is 28.7. The lowest BCUT2D eigenvalue weighted by Crippen LogP contribution is -2.73. The summed E-state index contributed by atoms with van der Waals surface area (Å²) in [6.07, 6.45) is 8.27. The molecular weight excluding hydrogens is 711 g/mol. The Kier molecular flexibility index (Phi) is 6.81. The number of fused-ring (bicyclic) bond motifs is 10. The third-order valence-corrected chi connectivity index (χ3v) is 17.4. The molecule has 6 unspecified atom stereocenters. The minimum absolute atomic E-state index is 0.123. The number of hydrogen-bond donors (Lipinski definition) is 0. The molecule has 2 bridgehead atoms. The van der Waals surface area contributed by atoms with E-state index in [2.05, 4.69) is 184 Å². The monoisotopic (exact) mass is 763 g/mol. The number of hydrogen-bond acceptors (Lipinski definition) is 1. The van der Waals surface area contributed by atoms with Crippen LogP contribution in [0.1, 0.15) is 88.5 Å². The van der Waals surface area contributed by atoms with Crippen molar-refractivity contribution in [3.05, 3.63) is 174 Å². The highest BCUT2D eigenvalue weighted by atomic mass is 15.1. The summed E-state index contributed by atoms with van der Waals surface area (Å²) in [4.78, 5) is 2.59. The van der Waals surface area contributed by atoms with Gasteiger partial charge >= 0.3 is 0 Å². The van der Waals surface area contributed by atoms with Gasteiger partial charge in [0.15, 0.2) is 0 Å². The predicted octanol–water partition coefficient (Wildman–Crippen LogP) is 15.3. The highest BCUT2D eigenvalue weighted by molar-refractivity contribution is 5.97. The van der Waals surface area contributed by atoms with Crippen LogP contribution in [0.15, 0.2) is 152 Å². The lowest BCUT2D eigenvalue weighted by molar-refractivity contribution is -0.231. The van der Waals surface area contributed by atoms with E-state index in [4.69, 9.17) is 0 Å². The van der Waals surface area contributed by atoms with Crippen molar-refractivity contribution < 1.29 is 0 Å². The van der Waals surface area contributed by atoms with Crippen molar-refractivity contribution in [2.24, 2.45) is 29.1 Å². The summed E-state index contributed by atoms with van der Waals surface area (Å²) in [6.45, 7) is 9.80. The molecule has 4 fully saturated rings. The molecule has 290 valence electrons. The van der Waals surface area contributed by atoms with E-state index in [0.717, 1.165) is 23.7 Å². The highest BCUT2D eigenvalue weighted by Gasteiger charge is 2.84. The first-order valence-electron chi connectivity index (χ1n) is 22.6. The van der Waals surface area contributed by atoms with Crippen molar-refractivity contribution in [1.29, 1.82) is 0 Å². The zero-order chi connectivity index (χ0) is 39.5. The third kappa shape index (κ3) is 4.42. The van der Waals surface area contributed by atoms with E-state index in [9.17, 15) is 0 Å². The molecule has 7 aromatic carbocycles. The zero-order valence-corrected chi connectivity index (χ0v) is 34.9. The SMILES string of the molecule is CC1(C)CCC(C)(C)c2cc(N(c3ccc(-c4cccc(-c5cccc6ccccc56)c4)cc3)c3ccc4c(c3)C3(c5ccccc5-4)C4CC5CC6CC3C64C5)ccc21. The standard InChI is InChI=1S/C58H53N/c1-55(2)27-28-56(3,4)52-34-44(24-26-50(52)55)59(42-21-19-37(20-22-42)39-13-9-14-40(31-39)46-17-10-12-38-11-5-6-15-45(38)46)43-23-25-48-47-16-7-8-18-49(47)58(51(48)33-43)53-30-36-29-41-32-54(58)57(41,53)35-36/h5-26,31,33-34,36,41,53-54H,27-30,32,35H2,1-4H3. The van der Waals surface area contributed by atoms with Crippen LogP contribution in [0, 0.1) is 29.1 Å². The Hall–Kier alpha value is -5.40. The molecule has 6 atom stereocenters. The van der Waals surface area contributed by atoms with Crippen LogP contribution in [-0.2, 0) is 16.2 Å². The summed E-state index contributed by atoms with van der Waals surface area (Å²) >= 11 is 0. The van der Waals surface area contributed by atoms with Crippen molar-refractivity contribution in [2.45, 2.75) is 82.5 Å². The van der Waals surface area contributed by atoms with Gasteiger partial charge in [-0.1, -0.05) is 137 Å². The summed E-state index contributed by atoms with van der Waals surface area (Å²) in [5.74, 6) is 3.50. The van der Waals surface area contributed by atoms with Crippen LogP contribution < -0.4 is 4.90 Å². The number of benzene rings is 7. The average molecular weight is 764 g/mol. The normalized spacial score (nSPS) is 28.0. The number of anilines is 3. The lowest BCUT2D eigenvalue weighted by Gasteiger charge is -2.76. The van der Waals surface area contributed by atoms with Crippen LogP contribution in [0.3, 0.4) is 0 Å². The molecule has 6 aliphatic rings. The maximum absolute atomic E-state index is 2.66. The lowest BCUT2D eigenvalue weighted by atomic mass is 9.27. The Morgan fingerprint density at radius 3 is 1.95 bits per heavy atom. The maximum atomic E-state index is 2.66. The molecule has 0 N–H and O–H groups in total. The predicted molar refractivity (Wildman–Crippen MR) is 246 cm³/mol. The van der Waals surface area contributed by atoms with E-state index >= 15 is 0 Å². The van der Waals surface area contributed by atoms with Crippen LogP contribution in [0.5, 0.6) is 0 Å². The fourth-order valence-corrected chi connectivity index (χ4v) is 14.8. The van der Waals surface area contributed by atoms with Gasteiger partial charge in [0.2, 0.25) is 0 Å². The van der Waals surface area contributed by atoms with Gasteiger partial charge in [-0.2, -0.15) is 0 Å². The van der Waals surface area contributed by atoms with Gasteiger partial charge in [-0.25, -0.2) is 0 Å². The van der Waals surface area contributed by atoms with E-state index in [1.54, 1.807) is 11.1 Å². The quantitative estimate of drug-likeness (QED) is 0.169. The van der Waals surface area contributed by atoms with Gasteiger partial charge in [-0.05, 0) is 187 Å². The summed E-state index contributed by atoms with van der Waals surface area (Å²) in [5, 5.41) is 2.57. The van der Waals surface area contributed by atoms with Gasteiger partial charge in [0.05, 0.1) is 0 Å². The molecule has 0 aromatic heterocycles. The van der Waals surface area contributed by atoms with Crippen molar-refractivity contribution in [2.75, 3.05) is 4.90 Å². The van der Waals surface area contributed by atoms with E-state index < -0.39 is 0 Å². The van der Waals surface area contributed by atoms with Gasteiger partial charge in [0.1, 0.15) is 0 Å². The van der Waals surface area contributed by atoms with E-state index in [1.807, 2.05) is 0 Å². The van der Waals surface area contributed by atoms with Crippen molar-refractivity contribution in [3.8, 4) is 33.4 Å². The Labute approximate surface area is 350 Å². The molecule has 0 radical (unpaired) electrons. The minimum Gasteiger partial charge on any atom is -0.310 e. The van der Waals surface area contributed by atoms with Crippen LogP contribution in [0.25, 0.3) is 44.2 Å². The van der Waals surface area contributed by atoms with Gasteiger partial charge in [-0.15, -0.1) is 0 Å². The van der Waals surface area contributed by atoms with Crippen molar-refractivity contribution in [1.82, 2.24) is 0 Å². The van der Waals surface area contributed by atoms with Crippen LogP contribution in [0.4, 0.5) is 17.1 Å². The molecule has 6 aliphatic carbocycles. The minimum atomic E-state index is 0.123. The molecule has 59 heavy (non-hydrogen) atoms. The second-order valence-electron chi connectivity index (χ2n) is 20.8. The fourth-order valence-electron chi connectivity index (χ4n) is 14.8. The smallest absolute Gasteiger partial charge is 0.0465 e. The Bertz CT molecular complexity index is 2890. The molecule has 1 heteroatoms. The molecule has 13 rings (SSSR count). The molecule has 0 aliphatic heterocycles. The first kappa shape index (κ1) is 34.5. The van der Waals surface area contributed by atoms with Gasteiger partial charge in [0, 0.05) is 22.5 Å². The number of nitrogens with zero attached hydrogens (tertiary/aromatic N) is 1. The maximum Gasteiger partial charge on any atom is 0.0465 e. The second-order valence-corrected chi connectivity index (χ2v) is 20.8. The molecule has 2 spiro atoms. The van der Waals surface area contributed by atoms with Gasteiger partial charge in [0.25, 0.3) is 0 Å². The topological polar surface area (TPSA) is 3.24 Å². The van der Waals surface area contributed by atoms with Crippen molar-refractivity contribution in [3.63, 3.8) is 0 Å². The molecule has 0 heterocycles. The van der Waals surface area contributed by atoms with E-state index in [1.165, 1.54) is 111 Å². The van der Waals surface area contributed by atoms with Gasteiger partial charge in [-0.3, -0.25) is 0 Å². The largest absolute Gasteiger partial charge is 0.310 e. The molecule has 1 nitrogen and oxygen atoms in total. The molecular formula is C58H53N. The summed E-state index contributed by atoms with van der Waals surface area (Å²) in [6, 6.07) is 58.5. The Balaban J connectivity index is 0.951. The highest BCUT2D eigenvalue weighted by Crippen LogP contribution is 2.89. The third-order valence-electron chi connectivity index (χ3n) is 17.4. The van der Waals surface area contributed by atoms with Gasteiger partial charge < -0.3 is 4.90 Å². The molecule has 0 saturated heterocycles. The van der Waals surface area contributed by atoms with Crippen LogP contribution in [-0.4, -0.2) is 0 Å². The van der Waals surface area contributed by atoms with Crippen LogP contribution >= 0.6 is 0 Å². The molecule has 7 aromatic rings. The molecule has 0 amide bonds. The average Bonchev–Trinajstić information content (AvgIpc) is 3.89. The number of rotatable bonds is 5. The fraction of sp³-hybridized carbons (Fsp3) is 0.310.